The number of hydrogen-bond donors (Lipinski definition) is 3. The van der Waals surface area contributed by atoms with Crippen LogP contribution in [0.4, 0.5) is 5.69 Å². The van der Waals surface area contributed by atoms with E-state index in [0.717, 1.165) is 0 Å². The number of rotatable bonds is 8. The monoisotopic (exact) mass is 359 g/mol. The normalized spacial score (nSPS) is 11.5. The number of ether oxygens (including phenoxy) is 2. The highest BCUT2D eigenvalue weighted by molar-refractivity contribution is 5.92. The van der Waals surface area contributed by atoms with Crippen LogP contribution in [0.5, 0.6) is 11.5 Å². The van der Waals surface area contributed by atoms with Gasteiger partial charge in [0, 0.05) is 23.7 Å². The van der Waals surface area contributed by atoms with E-state index < -0.39 is 12.1 Å². The molecule has 2 aromatic carbocycles. The molecule has 0 fully saturated rings. The van der Waals surface area contributed by atoms with Gasteiger partial charge in [-0.3, -0.25) is 4.79 Å². The molecule has 2 aromatic rings. The molecule has 7 heteroatoms. The first-order chi connectivity index (χ1) is 12.4. The van der Waals surface area contributed by atoms with Crippen LogP contribution in [0.1, 0.15) is 34.9 Å². The van der Waals surface area contributed by atoms with Crippen molar-refractivity contribution < 1.29 is 29.3 Å². The second kappa shape index (κ2) is 8.87. The first kappa shape index (κ1) is 19.3. The zero-order valence-electron chi connectivity index (χ0n) is 14.6. The molecule has 0 saturated heterocycles. The summed E-state index contributed by atoms with van der Waals surface area (Å²) in [6.45, 7) is 0. The summed E-state index contributed by atoms with van der Waals surface area (Å²) in [5.41, 5.74) is 1.22. The van der Waals surface area contributed by atoms with E-state index in [9.17, 15) is 14.7 Å². The quantitative estimate of drug-likeness (QED) is 0.669. The molecule has 26 heavy (non-hydrogen) atoms. The summed E-state index contributed by atoms with van der Waals surface area (Å²) in [6.07, 6.45) is -0.560. The van der Waals surface area contributed by atoms with Gasteiger partial charge in [0.15, 0.2) is 0 Å². The van der Waals surface area contributed by atoms with Crippen LogP contribution in [0.2, 0.25) is 0 Å². The number of carbonyl (C=O) groups is 2. The number of benzene rings is 2. The van der Waals surface area contributed by atoms with Crippen molar-refractivity contribution in [1.82, 2.24) is 0 Å². The summed E-state index contributed by atoms with van der Waals surface area (Å²) in [4.78, 5) is 22.8. The fourth-order valence-corrected chi connectivity index (χ4v) is 2.44. The van der Waals surface area contributed by atoms with Crippen LogP contribution in [0, 0.1) is 0 Å². The van der Waals surface area contributed by atoms with E-state index in [1.807, 2.05) is 0 Å². The average Bonchev–Trinajstić information content (AvgIpc) is 2.65. The van der Waals surface area contributed by atoms with Crippen LogP contribution in [0.3, 0.4) is 0 Å². The van der Waals surface area contributed by atoms with Gasteiger partial charge >= 0.3 is 5.97 Å². The minimum Gasteiger partial charge on any atom is -0.497 e. The third-order valence-electron chi connectivity index (χ3n) is 3.86. The van der Waals surface area contributed by atoms with Crippen molar-refractivity contribution in [3.63, 3.8) is 0 Å². The number of aliphatic hydroxyl groups excluding tert-OH is 1. The minimum atomic E-state index is -1.03. The summed E-state index contributed by atoms with van der Waals surface area (Å²) in [5.74, 6) is -0.207. The molecular weight excluding hydrogens is 338 g/mol. The van der Waals surface area contributed by atoms with Gasteiger partial charge in [0.1, 0.15) is 11.5 Å². The molecule has 0 aliphatic carbocycles. The Labute approximate surface area is 151 Å². The van der Waals surface area contributed by atoms with Gasteiger partial charge in [-0.25, -0.2) is 4.79 Å². The summed E-state index contributed by atoms with van der Waals surface area (Å²) >= 11 is 0. The van der Waals surface area contributed by atoms with E-state index in [-0.39, 0.29) is 24.3 Å². The molecule has 2 rings (SSSR count). The summed E-state index contributed by atoms with van der Waals surface area (Å²) in [6, 6.07) is 10.9. The molecule has 0 spiro atoms. The Morgan fingerprint density at radius 2 is 1.77 bits per heavy atom. The smallest absolute Gasteiger partial charge is 0.335 e. The standard InChI is InChI=1S/C19H21NO6/c1-25-14-7-8-15(17(11-14)26-2)16(21)9-10-18(22)20-13-5-3-12(4-6-13)19(23)24/h3-8,11,16,21H,9-10H2,1-2H3,(H,20,22)(H,23,24). The van der Waals surface area contributed by atoms with Gasteiger partial charge in [0.25, 0.3) is 0 Å². The number of nitrogens with one attached hydrogen (secondary N) is 1. The molecule has 1 unspecified atom stereocenters. The zero-order chi connectivity index (χ0) is 19.1. The molecule has 0 saturated carbocycles. The van der Waals surface area contributed by atoms with E-state index in [2.05, 4.69) is 5.32 Å². The van der Waals surface area contributed by atoms with Gasteiger partial charge < -0.3 is 25.0 Å². The number of anilines is 1. The van der Waals surface area contributed by atoms with Gasteiger partial charge in [-0.15, -0.1) is 0 Å². The lowest BCUT2D eigenvalue weighted by molar-refractivity contribution is -0.116. The second-order valence-corrected chi connectivity index (χ2v) is 5.59. The van der Waals surface area contributed by atoms with E-state index in [1.165, 1.54) is 38.5 Å². The fourth-order valence-electron chi connectivity index (χ4n) is 2.44. The predicted molar refractivity (Wildman–Crippen MR) is 95.8 cm³/mol. The number of carbonyl (C=O) groups excluding carboxylic acids is 1. The number of amides is 1. The van der Waals surface area contributed by atoms with Crippen molar-refractivity contribution in [2.24, 2.45) is 0 Å². The van der Waals surface area contributed by atoms with Crippen LogP contribution in [0.25, 0.3) is 0 Å². The molecule has 138 valence electrons. The molecule has 0 aromatic heterocycles. The number of methoxy groups -OCH3 is 2. The summed E-state index contributed by atoms with van der Waals surface area (Å²) < 4.78 is 10.4. The number of carboxylic acid groups (broad SMARTS) is 1. The molecule has 0 heterocycles. The van der Waals surface area contributed by atoms with Gasteiger partial charge in [0.2, 0.25) is 5.91 Å². The highest BCUT2D eigenvalue weighted by atomic mass is 16.5. The number of carboxylic acids is 1. The van der Waals surface area contributed by atoms with Gasteiger partial charge in [-0.2, -0.15) is 0 Å². The Hall–Kier alpha value is -3.06. The Morgan fingerprint density at radius 3 is 2.35 bits per heavy atom. The molecule has 0 aliphatic heterocycles. The van der Waals surface area contributed by atoms with E-state index in [0.29, 0.717) is 22.7 Å². The number of aromatic carboxylic acids is 1. The first-order valence-corrected chi connectivity index (χ1v) is 7.97. The molecule has 7 nitrogen and oxygen atoms in total. The molecule has 0 radical (unpaired) electrons. The van der Waals surface area contributed by atoms with Crippen LogP contribution in [-0.4, -0.2) is 36.3 Å². The molecule has 3 N–H and O–H groups in total. The van der Waals surface area contributed by atoms with E-state index in [4.69, 9.17) is 14.6 Å². The summed E-state index contributed by atoms with van der Waals surface area (Å²) in [5, 5.41) is 21.9. The third kappa shape index (κ3) is 4.97. The Kier molecular flexibility index (Phi) is 6.57. The van der Waals surface area contributed by atoms with Crippen molar-refractivity contribution >= 4 is 17.6 Å². The second-order valence-electron chi connectivity index (χ2n) is 5.59. The number of hydrogen-bond acceptors (Lipinski definition) is 5. The maximum Gasteiger partial charge on any atom is 0.335 e. The highest BCUT2D eigenvalue weighted by Crippen LogP contribution is 2.31. The molecule has 1 atom stereocenters. The lowest BCUT2D eigenvalue weighted by Gasteiger charge is -2.15. The average molecular weight is 359 g/mol. The van der Waals surface area contributed by atoms with Gasteiger partial charge in [-0.05, 0) is 42.8 Å². The van der Waals surface area contributed by atoms with Gasteiger partial charge in [0.05, 0.1) is 25.9 Å². The minimum absolute atomic E-state index is 0.0943. The molecular formula is C19H21NO6. The van der Waals surface area contributed by atoms with Gasteiger partial charge in [-0.1, -0.05) is 0 Å². The van der Waals surface area contributed by atoms with E-state index in [1.54, 1.807) is 18.2 Å². The van der Waals surface area contributed by atoms with Crippen LogP contribution >= 0.6 is 0 Å². The number of aliphatic hydroxyl groups is 1. The Bertz CT molecular complexity index is 772. The van der Waals surface area contributed by atoms with Crippen LogP contribution in [0.15, 0.2) is 42.5 Å². The Morgan fingerprint density at radius 1 is 1.08 bits per heavy atom. The molecule has 0 bridgehead atoms. The topological polar surface area (TPSA) is 105 Å². The van der Waals surface area contributed by atoms with Crippen molar-refractivity contribution in [3.8, 4) is 11.5 Å². The summed E-state index contributed by atoms with van der Waals surface area (Å²) in [7, 11) is 3.04. The first-order valence-electron chi connectivity index (χ1n) is 7.97. The Balaban J connectivity index is 1.93. The molecule has 1 amide bonds. The van der Waals surface area contributed by atoms with Crippen molar-refractivity contribution in [2.45, 2.75) is 18.9 Å². The highest BCUT2D eigenvalue weighted by Gasteiger charge is 2.16. The molecule has 0 aliphatic rings. The third-order valence-corrected chi connectivity index (χ3v) is 3.86. The fraction of sp³-hybridized carbons (Fsp3) is 0.263. The van der Waals surface area contributed by atoms with E-state index >= 15 is 0 Å². The maximum atomic E-state index is 12.0. The van der Waals surface area contributed by atoms with Crippen molar-refractivity contribution in [3.05, 3.63) is 53.6 Å². The zero-order valence-corrected chi connectivity index (χ0v) is 14.6. The predicted octanol–water partition coefficient (Wildman–Crippen LogP) is 2.85. The van der Waals surface area contributed by atoms with Crippen molar-refractivity contribution in [2.75, 3.05) is 19.5 Å². The van der Waals surface area contributed by atoms with Crippen molar-refractivity contribution in [1.29, 1.82) is 0 Å². The lowest BCUT2D eigenvalue weighted by Crippen LogP contribution is -2.13. The van der Waals surface area contributed by atoms with Crippen LogP contribution in [-0.2, 0) is 4.79 Å². The SMILES string of the molecule is COc1ccc(C(O)CCC(=O)Nc2ccc(C(=O)O)cc2)c(OC)c1. The lowest BCUT2D eigenvalue weighted by atomic mass is 10.0. The maximum absolute atomic E-state index is 12.0. The van der Waals surface area contributed by atoms with Crippen LogP contribution < -0.4 is 14.8 Å². The largest absolute Gasteiger partial charge is 0.497 e.